The molecule has 1 fully saturated rings. The van der Waals surface area contributed by atoms with E-state index in [1.54, 1.807) is 0 Å². The number of unbranched alkanes of at least 4 members (excludes halogenated alkanes) is 2. The summed E-state index contributed by atoms with van der Waals surface area (Å²) in [5.41, 5.74) is 0. The molecule has 0 saturated carbocycles. The molecule has 1 atom stereocenters. The lowest BCUT2D eigenvalue weighted by Crippen LogP contribution is -2.44. The molecular weight excluding hydrogens is 339 g/mol. The van der Waals surface area contributed by atoms with Gasteiger partial charge in [0.15, 0.2) is 5.96 Å². The summed E-state index contributed by atoms with van der Waals surface area (Å²) in [5, 5.41) is 6.78. The summed E-state index contributed by atoms with van der Waals surface area (Å²) in [7, 11) is 4.05. The molecule has 0 aromatic rings. The Bertz CT molecular complexity index is 233. The first-order valence-electron chi connectivity index (χ1n) is 6.92. The molecule has 1 aliphatic rings. The Labute approximate surface area is 129 Å². The molecule has 0 amide bonds. The third kappa shape index (κ3) is 6.78. The first-order valence-corrected chi connectivity index (χ1v) is 6.92. The molecule has 1 heterocycles. The predicted molar refractivity (Wildman–Crippen MR) is 90.0 cm³/mol. The SMILES string of the molecule is CCCCCNC(=NC)NCC1CCCN1C.I. The van der Waals surface area contributed by atoms with Gasteiger partial charge in [-0.15, -0.1) is 24.0 Å². The van der Waals surface area contributed by atoms with Crippen molar-refractivity contribution in [1.82, 2.24) is 15.5 Å². The van der Waals surface area contributed by atoms with E-state index in [0.29, 0.717) is 6.04 Å². The molecule has 1 saturated heterocycles. The largest absolute Gasteiger partial charge is 0.356 e. The highest BCUT2D eigenvalue weighted by molar-refractivity contribution is 14.0. The molecule has 2 N–H and O–H groups in total. The number of nitrogens with zero attached hydrogens (tertiary/aromatic N) is 2. The molecule has 108 valence electrons. The number of rotatable bonds is 6. The van der Waals surface area contributed by atoms with Gasteiger partial charge in [0, 0.05) is 26.2 Å². The topological polar surface area (TPSA) is 39.7 Å². The van der Waals surface area contributed by atoms with Crippen LogP contribution in [-0.2, 0) is 0 Å². The van der Waals surface area contributed by atoms with Gasteiger partial charge in [0.2, 0.25) is 0 Å². The maximum absolute atomic E-state index is 4.25. The van der Waals surface area contributed by atoms with Gasteiger partial charge in [-0.05, 0) is 32.9 Å². The number of hydrogen-bond donors (Lipinski definition) is 2. The Balaban J connectivity index is 0.00000289. The summed E-state index contributed by atoms with van der Waals surface area (Å²) in [4.78, 5) is 6.68. The zero-order chi connectivity index (χ0) is 12.5. The number of nitrogens with one attached hydrogen (secondary N) is 2. The number of guanidine groups is 1. The van der Waals surface area contributed by atoms with Crippen molar-refractivity contribution in [3.63, 3.8) is 0 Å². The average Bonchev–Trinajstić information content (AvgIpc) is 2.74. The van der Waals surface area contributed by atoms with Crippen molar-refractivity contribution in [2.45, 2.75) is 45.1 Å². The van der Waals surface area contributed by atoms with E-state index >= 15 is 0 Å². The number of halogens is 1. The van der Waals surface area contributed by atoms with Gasteiger partial charge in [0.1, 0.15) is 0 Å². The second-order valence-corrected chi connectivity index (χ2v) is 4.86. The van der Waals surface area contributed by atoms with E-state index < -0.39 is 0 Å². The second-order valence-electron chi connectivity index (χ2n) is 4.86. The summed E-state index contributed by atoms with van der Waals surface area (Å²) in [6.07, 6.45) is 6.40. The van der Waals surface area contributed by atoms with Crippen LogP contribution in [0.5, 0.6) is 0 Å². The molecule has 0 aromatic heterocycles. The van der Waals surface area contributed by atoms with Crippen LogP contribution in [-0.4, -0.2) is 50.6 Å². The lowest BCUT2D eigenvalue weighted by Gasteiger charge is -2.21. The van der Waals surface area contributed by atoms with E-state index in [4.69, 9.17) is 0 Å². The number of likely N-dealkylation sites (N-methyl/N-ethyl adjacent to an activating group) is 1. The van der Waals surface area contributed by atoms with Crippen LogP contribution in [0, 0.1) is 0 Å². The number of hydrogen-bond acceptors (Lipinski definition) is 2. The van der Waals surface area contributed by atoms with Crippen LogP contribution in [0.3, 0.4) is 0 Å². The number of likely N-dealkylation sites (tertiary alicyclic amines) is 1. The lowest BCUT2D eigenvalue weighted by atomic mass is 10.2. The van der Waals surface area contributed by atoms with E-state index in [2.05, 4.69) is 34.5 Å². The molecule has 1 rings (SSSR count). The fraction of sp³-hybridized carbons (Fsp3) is 0.923. The zero-order valence-electron chi connectivity index (χ0n) is 12.0. The van der Waals surface area contributed by atoms with E-state index in [1.165, 1.54) is 38.6 Å². The fourth-order valence-electron chi connectivity index (χ4n) is 2.25. The highest BCUT2D eigenvalue weighted by atomic mass is 127. The van der Waals surface area contributed by atoms with Crippen LogP contribution < -0.4 is 10.6 Å². The standard InChI is InChI=1S/C13H28N4.HI/c1-4-5-6-9-15-13(14-2)16-11-12-8-7-10-17(12)3;/h12H,4-11H2,1-3H3,(H2,14,15,16);1H. The normalized spacial score (nSPS) is 20.6. The van der Waals surface area contributed by atoms with Crippen LogP contribution >= 0.6 is 24.0 Å². The smallest absolute Gasteiger partial charge is 0.191 e. The van der Waals surface area contributed by atoms with Gasteiger partial charge in [-0.1, -0.05) is 19.8 Å². The van der Waals surface area contributed by atoms with Gasteiger partial charge >= 0.3 is 0 Å². The van der Waals surface area contributed by atoms with Gasteiger partial charge in [-0.3, -0.25) is 4.99 Å². The molecule has 1 unspecified atom stereocenters. The number of aliphatic imine (C=N–C) groups is 1. The van der Waals surface area contributed by atoms with Crippen molar-refractivity contribution in [3.05, 3.63) is 0 Å². The lowest BCUT2D eigenvalue weighted by molar-refractivity contribution is 0.309. The summed E-state index contributed by atoms with van der Waals surface area (Å²) in [6.45, 7) is 5.48. The summed E-state index contributed by atoms with van der Waals surface area (Å²) in [6, 6.07) is 0.671. The Hall–Kier alpha value is -0.0400. The summed E-state index contributed by atoms with van der Waals surface area (Å²) in [5.74, 6) is 0.946. The van der Waals surface area contributed by atoms with Crippen LogP contribution in [0.1, 0.15) is 39.0 Å². The van der Waals surface area contributed by atoms with Crippen molar-refractivity contribution in [1.29, 1.82) is 0 Å². The van der Waals surface area contributed by atoms with E-state index in [-0.39, 0.29) is 24.0 Å². The molecule has 0 spiro atoms. The molecule has 4 nitrogen and oxygen atoms in total. The van der Waals surface area contributed by atoms with Crippen LogP contribution in [0.4, 0.5) is 0 Å². The zero-order valence-corrected chi connectivity index (χ0v) is 14.4. The molecule has 5 heteroatoms. The van der Waals surface area contributed by atoms with Crippen molar-refractivity contribution in [3.8, 4) is 0 Å². The van der Waals surface area contributed by atoms with Crippen molar-refractivity contribution in [2.24, 2.45) is 4.99 Å². The highest BCUT2D eigenvalue weighted by Gasteiger charge is 2.20. The van der Waals surface area contributed by atoms with Gasteiger partial charge in [0.05, 0.1) is 0 Å². The average molecular weight is 368 g/mol. The minimum absolute atomic E-state index is 0. The molecule has 18 heavy (non-hydrogen) atoms. The summed E-state index contributed by atoms with van der Waals surface area (Å²) < 4.78 is 0. The van der Waals surface area contributed by atoms with E-state index in [0.717, 1.165) is 19.0 Å². The second kappa shape index (κ2) is 10.8. The van der Waals surface area contributed by atoms with E-state index in [1.807, 2.05) is 7.05 Å². The maximum atomic E-state index is 4.25. The van der Waals surface area contributed by atoms with Gasteiger partial charge in [0.25, 0.3) is 0 Å². The van der Waals surface area contributed by atoms with Crippen molar-refractivity contribution in [2.75, 3.05) is 33.7 Å². The molecule has 0 aliphatic carbocycles. The van der Waals surface area contributed by atoms with Crippen molar-refractivity contribution < 1.29 is 0 Å². The summed E-state index contributed by atoms with van der Waals surface area (Å²) >= 11 is 0. The Morgan fingerprint density at radius 1 is 1.33 bits per heavy atom. The first-order chi connectivity index (χ1) is 8.27. The Morgan fingerprint density at radius 3 is 2.67 bits per heavy atom. The van der Waals surface area contributed by atoms with Crippen LogP contribution in [0.25, 0.3) is 0 Å². The quantitative estimate of drug-likeness (QED) is 0.326. The maximum Gasteiger partial charge on any atom is 0.191 e. The van der Waals surface area contributed by atoms with Crippen LogP contribution in [0.2, 0.25) is 0 Å². The van der Waals surface area contributed by atoms with Gasteiger partial charge < -0.3 is 15.5 Å². The third-order valence-electron chi connectivity index (χ3n) is 3.47. The van der Waals surface area contributed by atoms with Crippen molar-refractivity contribution >= 4 is 29.9 Å². The molecule has 0 radical (unpaired) electrons. The molecular formula is C13H29IN4. The van der Waals surface area contributed by atoms with Gasteiger partial charge in [-0.2, -0.15) is 0 Å². The first kappa shape index (κ1) is 18.0. The minimum atomic E-state index is 0. The predicted octanol–water partition coefficient (Wildman–Crippen LogP) is 2.05. The monoisotopic (exact) mass is 368 g/mol. The fourth-order valence-corrected chi connectivity index (χ4v) is 2.25. The third-order valence-corrected chi connectivity index (χ3v) is 3.47. The Morgan fingerprint density at radius 2 is 2.11 bits per heavy atom. The minimum Gasteiger partial charge on any atom is -0.356 e. The Kier molecular flexibility index (Phi) is 10.8. The van der Waals surface area contributed by atoms with E-state index in [9.17, 15) is 0 Å². The molecule has 0 aromatic carbocycles. The van der Waals surface area contributed by atoms with Gasteiger partial charge in [-0.25, -0.2) is 0 Å². The van der Waals surface area contributed by atoms with Crippen LogP contribution in [0.15, 0.2) is 4.99 Å². The molecule has 0 bridgehead atoms. The molecule has 1 aliphatic heterocycles. The highest BCUT2D eigenvalue weighted by Crippen LogP contribution is 2.13.